The van der Waals surface area contributed by atoms with Gasteiger partial charge in [0, 0.05) is 4.70 Å². The minimum absolute atomic E-state index is 0.124. The van der Waals surface area contributed by atoms with Crippen molar-refractivity contribution in [1.82, 2.24) is 0 Å². The van der Waals surface area contributed by atoms with Crippen molar-refractivity contribution in [3.05, 3.63) is 35.0 Å². The molecule has 1 aromatic heterocycles. The summed E-state index contributed by atoms with van der Waals surface area (Å²) in [6.07, 6.45) is 6.15. The second kappa shape index (κ2) is 5.44. The zero-order valence-electron chi connectivity index (χ0n) is 9.63. The van der Waals surface area contributed by atoms with Crippen molar-refractivity contribution in [3.63, 3.8) is 0 Å². The largest absolute Gasteiger partial charge is 0.207 e. The molecule has 86 valence electrons. The Kier molecular flexibility index (Phi) is 3.94. The molecule has 0 aliphatic rings. The second-order valence-electron chi connectivity index (χ2n) is 4.21. The van der Waals surface area contributed by atoms with Crippen molar-refractivity contribution in [2.75, 3.05) is 0 Å². The van der Waals surface area contributed by atoms with E-state index in [-0.39, 0.29) is 5.82 Å². The quantitative estimate of drug-likeness (QED) is 0.629. The number of rotatable bonds is 5. The number of benzene rings is 1. The highest BCUT2D eigenvalue weighted by molar-refractivity contribution is 7.17. The Morgan fingerprint density at radius 2 is 2.06 bits per heavy atom. The van der Waals surface area contributed by atoms with E-state index in [0.29, 0.717) is 0 Å². The molecule has 0 spiro atoms. The predicted octanol–water partition coefficient (Wildman–Crippen LogP) is 5.16. The first-order chi connectivity index (χ1) is 7.81. The third-order valence-electron chi connectivity index (χ3n) is 2.92. The average Bonchev–Trinajstić information content (AvgIpc) is 2.67. The van der Waals surface area contributed by atoms with Gasteiger partial charge in [-0.05, 0) is 47.4 Å². The monoisotopic (exact) mass is 236 g/mol. The van der Waals surface area contributed by atoms with Crippen molar-refractivity contribution < 1.29 is 4.39 Å². The first kappa shape index (κ1) is 11.6. The molecule has 1 aromatic carbocycles. The summed E-state index contributed by atoms with van der Waals surface area (Å²) in [6.45, 7) is 2.22. The molecular weight excluding hydrogens is 219 g/mol. The lowest BCUT2D eigenvalue weighted by Gasteiger charge is -1.99. The SMILES string of the molecule is CCCCCCc1csc2ccc(F)cc12. The highest BCUT2D eigenvalue weighted by atomic mass is 32.1. The van der Waals surface area contributed by atoms with Gasteiger partial charge in [0.25, 0.3) is 0 Å². The number of hydrogen-bond acceptors (Lipinski definition) is 1. The predicted molar refractivity (Wildman–Crippen MR) is 69.6 cm³/mol. The highest BCUT2D eigenvalue weighted by Crippen LogP contribution is 2.27. The molecule has 0 unspecified atom stereocenters. The highest BCUT2D eigenvalue weighted by Gasteiger charge is 2.04. The second-order valence-corrected chi connectivity index (χ2v) is 5.12. The van der Waals surface area contributed by atoms with Crippen LogP contribution < -0.4 is 0 Å². The van der Waals surface area contributed by atoms with Crippen molar-refractivity contribution in [2.24, 2.45) is 0 Å². The van der Waals surface area contributed by atoms with E-state index in [1.165, 1.54) is 35.9 Å². The fraction of sp³-hybridized carbons (Fsp3) is 0.429. The van der Waals surface area contributed by atoms with Crippen LogP contribution in [0, 0.1) is 5.82 Å². The van der Waals surface area contributed by atoms with Crippen LogP contribution in [0.3, 0.4) is 0 Å². The molecule has 0 radical (unpaired) electrons. The molecule has 0 saturated carbocycles. The summed E-state index contributed by atoms with van der Waals surface area (Å²) in [5.74, 6) is -0.124. The summed E-state index contributed by atoms with van der Waals surface area (Å²) in [6, 6.07) is 5.09. The average molecular weight is 236 g/mol. The zero-order valence-corrected chi connectivity index (χ0v) is 10.4. The number of aryl methyl sites for hydroxylation is 1. The molecule has 2 aromatic rings. The minimum Gasteiger partial charge on any atom is -0.207 e. The van der Waals surface area contributed by atoms with E-state index in [0.717, 1.165) is 11.8 Å². The van der Waals surface area contributed by atoms with Gasteiger partial charge in [-0.15, -0.1) is 11.3 Å². The Balaban J connectivity index is 2.09. The smallest absolute Gasteiger partial charge is 0.123 e. The molecular formula is C14H17FS. The Labute approximate surface area is 100 Å². The number of thiophene rings is 1. The minimum atomic E-state index is -0.124. The Morgan fingerprint density at radius 3 is 2.88 bits per heavy atom. The van der Waals surface area contributed by atoms with E-state index < -0.39 is 0 Å². The van der Waals surface area contributed by atoms with Crippen LogP contribution in [0.25, 0.3) is 10.1 Å². The molecule has 0 saturated heterocycles. The van der Waals surface area contributed by atoms with Crippen molar-refractivity contribution in [2.45, 2.75) is 39.0 Å². The van der Waals surface area contributed by atoms with Gasteiger partial charge in [-0.1, -0.05) is 26.2 Å². The molecule has 0 atom stereocenters. The van der Waals surface area contributed by atoms with Gasteiger partial charge in [0.15, 0.2) is 0 Å². The van der Waals surface area contributed by atoms with Gasteiger partial charge in [-0.25, -0.2) is 4.39 Å². The Hall–Kier alpha value is -0.890. The maximum Gasteiger partial charge on any atom is 0.123 e. The molecule has 0 fully saturated rings. The van der Waals surface area contributed by atoms with Gasteiger partial charge >= 0.3 is 0 Å². The van der Waals surface area contributed by atoms with E-state index in [1.54, 1.807) is 23.5 Å². The number of halogens is 1. The first-order valence-electron chi connectivity index (χ1n) is 5.97. The maximum atomic E-state index is 13.1. The van der Waals surface area contributed by atoms with Crippen LogP contribution in [0.2, 0.25) is 0 Å². The Morgan fingerprint density at radius 1 is 1.19 bits per heavy atom. The number of fused-ring (bicyclic) bond motifs is 1. The summed E-state index contributed by atoms with van der Waals surface area (Å²) in [5.41, 5.74) is 1.32. The summed E-state index contributed by atoms with van der Waals surface area (Å²) < 4.78 is 14.3. The van der Waals surface area contributed by atoms with E-state index >= 15 is 0 Å². The zero-order chi connectivity index (χ0) is 11.4. The summed E-state index contributed by atoms with van der Waals surface area (Å²) in [7, 11) is 0. The van der Waals surface area contributed by atoms with Crippen molar-refractivity contribution in [3.8, 4) is 0 Å². The van der Waals surface area contributed by atoms with Gasteiger partial charge < -0.3 is 0 Å². The molecule has 2 rings (SSSR count). The van der Waals surface area contributed by atoms with Gasteiger partial charge in [0.05, 0.1) is 0 Å². The molecule has 2 heteroatoms. The fourth-order valence-electron chi connectivity index (χ4n) is 1.99. The molecule has 0 nitrogen and oxygen atoms in total. The van der Waals surface area contributed by atoms with Crippen molar-refractivity contribution >= 4 is 21.4 Å². The lowest BCUT2D eigenvalue weighted by Crippen LogP contribution is -1.84. The standard InChI is InChI=1S/C14H17FS/c1-2-3-4-5-6-11-10-16-14-8-7-12(15)9-13(11)14/h7-10H,2-6H2,1H3. The van der Waals surface area contributed by atoms with Crippen LogP contribution in [0.1, 0.15) is 38.2 Å². The third-order valence-corrected chi connectivity index (χ3v) is 3.93. The third kappa shape index (κ3) is 2.62. The van der Waals surface area contributed by atoms with Crippen molar-refractivity contribution in [1.29, 1.82) is 0 Å². The number of unbranched alkanes of at least 4 members (excludes halogenated alkanes) is 3. The summed E-state index contributed by atoms with van der Waals surface area (Å²) in [4.78, 5) is 0. The molecule has 0 amide bonds. The van der Waals surface area contributed by atoms with Crippen LogP contribution in [0.5, 0.6) is 0 Å². The van der Waals surface area contributed by atoms with Crippen LogP contribution >= 0.6 is 11.3 Å². The normalized spacial score (nSPS) is 11.1. The summed E-state index contributed by atoms with van der Waals surface area (Å²) >= 11 is 1.72. The fourth-order valence-corrected chi connectivity index (χ4v) is 2.97. The topological polar surface area (TPSA) is 0 Å². The van der Waals surface area contributed by atoms with E-state index in [4.69, 9.17) is 0 Å². The van der Waals surface area contributed by atoms with Crippen LogP contribution in [-0.4, -0.2) is 0 Å². The van der Waals surface area contributed by atoms with E-state index in [9.17, 15) is 4.39 Å². The molecule has 1 heterocycles. The summed E-state index contributed by atoms with van der Waals surface area (Å²) in [5, 5.41) is 3.29. The number of hydrogen-bond donors (Lipinski definition) is 0. The molecule has 16 heavy (non-hydrogen) atoms. The molecule has 0 N–H and O–H groups in total. The first-order valence-corrected chi connectivity index (χ1v) is 6.85. The van der Waals surface area contributed by atoms with Crippen LogP contribution in [-0.2, 0) is 6.42 Å². The lowest BCUT2D eigenvalue weighted by molar-refractivity contribution is 0.629. The molecule has 0 bridgehead atoms. The van der Waals surface area contributed by atoms with E-state index in [2.05, 4.69) is 12.3 Å². The van der Waals surface area contributed by atoms with Gasteiger partial charge in [0.2, 0.25) is 0 Å². The van der Waals surface area contributed by atoms with Gasteiger partial charge in [-0.3, -0.25) is 0 Å². The van der Waals surface area contributed by atoms with E-state index in [1.807, 2.05) is 6.07 Å². The van der Waals surface area contributed by atoms with Crippen LogP contribution in [0.4, 0.5) is 4.39 Å². The maximum absolute atomic E-state index is 13.1. The lowest BCUT2D eigenvalue weighted by atomic mass is 10.1. The van der Waals surface area contributed by atoms with Crippen LogP contribution in [0.15, 0.2) is 23.6 Å². The van der Waals surface area contributed by atoms with Gasteiger partial charge in [-0.2, -0.15) is 0 Å². The molecule has 0 aliphatic carbocycles. The Bertz CT molecular complexity index is 459. The molecule has 0 aliphatic heterocycles. The van der Waals surface area contributed by atoms with Gasteiger partial charge in [0.1, 0.15) is 5.82 Å².